The van der Waals surface area contributed by atoms with E-state index in [2.05, 4.69) is 19.9 Å². The quantitative estimate of drug-likeness (QED) is 0.195. The van der Waals surface area contributed by atoms with E-state index in [1.807, 2.05) is 12.2 Å². The number of ether oxygens (including phenoxy) is 1. The highest BCUT2D eigenvalue weighted by Gasteiger charge is 2.38. The lowest BCUT2D eigenvalue weighted by molar-refractivity contribution is -0.274. The Morgan fingerprint density at radius 3 is 2.36 bits per heavy atom. The van der Waals surface area contributed by atoms with Gasteiger partial charge in [-0.1, -0.05) is 49.4 Å². The Morgan fingerprint density at radius 1 is 0.978 bits per heavy atom. The highest BCUT2D eigenvalue weighted by Crippen LogP contribution is 2.36. The Morgan fingerprint density at radius 2 is 1.71 bits per heavy atom. The average molecular weight is 627 g/mol. The number of alkyl halides is 3. The van der Waals surface area contributed by atoms with Crippen LogP contribution in [0.5, 0.6) is 5.75 Å². The molecule has 0 unspecified atom stereocenters. The average Bonchev–Trinajstić information content (AvgIpc) is 3.63. The topological polar surface area (TPSA) is 100.0 Å². The fourth-order valence-electron chi connectivity index (χ4n) is 4.85. The summed E-state index contributed by atoms with van der Waals surface area (Å²) in [5, 5.41) is 19.8. The molecule has 0 aliphatic rings. The van der Waals surface area contributed by atoms with Crippen LogP contribution in [0.4, 0.5) is 22.0 Å². The van der Waals surface area contributed by atoms with Crippen LogP contribution in [0.2, 0.25) is 0 Å². The summed E-state index contributed by atoms with van der Waals surface area (Å²) in [5.74, 6) is -2.50. The maximum atomic E-state index is 14.8. The summed E-state index contributed by atoms with van der Waals surface area (Å²) in [6, 6.07) is 15.2. The zero-order valence-corrected chi connectivity index (χ0v) is 23.8. The molecule has 0 fully saturated rings. The molecule has 0 saturated carbocycles. The van der Waals surface area contributed by atoms with Gasteiger partial charge in [0.25, 0.3) is 0 Å². The molecular weight excluding hydrogens is 599 g/mol. The fraction of sp³-hybridized carbons (Fsp3) is 0.226. The number of hydrogen-bond acceptors (Lipinski definition) is 6. The number of hydrogen-bond donors (Lipinski definition) is 1. The van der Waals surface area contributed by atoms with Crippen molar-refractivity contribution >= 4 is 6.08 Å². The first kappa shape index (κ1) is 31.3. The second-order valence-electron chi connectivity index (χ2n) is 10.4. The molecule has 14 heteroatoms. The van der Waals surface area contributed by atoms with Crippen LogP contribution in [0, 0.1) is 17.6 Å². The molecular formula is C31H27F5N6O3. The molecule has 0 aliphatic carbocycles. The van der Waals surface area contributed by atoms with Gasteiger partial charge in [0, 0.05) is 11.6 Å². The van der Waals surface area contributed by atoms with Crippen molar-refractivity contribution in [3.05, 3.63) is 131 Å². The van der Waals surface area contributed by atoms with Crippen LogP contribution in [0.15, 0.2) is 96.6 Å². The standard InChI is InChI=1S/C31H27F5N6O3/c1-21(30(44,17-41-19-37-18-38-41)27-14-9-24(32)15-28(27)33)3-2-4-22-5-10-25(11-6-22)42-29(43)40(20-39-42)16-23-7-12-26(13-8-23)45-31(34,35)36/h2,4-15,18-21,44H,3,16-17H2,1H3/b4-2+/t21-,30+/m0/s1. The molecule has 3 aromatic carbocycles. The molecule has 0 amide bonds. The predicted molar refractivity (Wildman–Crippen MR) is 153 cm³/mol. The Hall–Kier alpha value is -5.11. The van der Waals surface area contributed by atoms with Gasteiger partial charge in [-0.15, -0.1) is 13.2 Å². The minimum atomic E-state index is -4.79. The second-order valence-corrected chi connectivity index (χ2v) is 10.4. The predicted octanol–water partition coefficient (Wildman–Crippen LogP) is 5.48. The molecule has 0 saturated heterocycles. The third-order valence-electron chi connectivity index (χ3n) is 7.26. The molecule has 234 valence electrons. The molecule has 2 heterocycles. The first-order chi connectivity index (χ1) is 21.4. The van der Waals surface area contributed by atoms with Gasteiger partial charge in [-0.05, 0) is 53.8 Å². The number of benzene rings is 3. The smallest absolute Gasteiger partial charge is 0.406 e. The van der Waals surface area contributed by atoms with Crippen LogP contribution >= 0.6 is 0 Å². The lowest BCUT2D eigenvalue weighted by Gasteiger charge is -2.34. The van der Waals surface area contributed by atoms with Gasteiger partial charge in [0.05, 0.1) is 18.8 Å². The van der Waals surface area contributed by atoms with Crippen molar-refractivity contribution in [3.8, 4) is 11.4 Å². The SMILES string of the molecule is C[C@@H](C/C=C/c1ccc(-n2ncn(Cc3ccc(OC(F)(F)F)cc3)c2=O)cc1)[C@](O)(Cn1cncn1)c1ccc(F)cc1F. The Balaban J connectivity index is 1.25. The molecule has 9 nitrogen and oxygen atoms in total. The van der Waals surface area contributed by atoms with Crippen molar-refractivity contribution < 1.29 is 31.8 Å². The number of aliphatic hydroxyl groups is 1. The van der Waals surface area contributed by atoms with Crippen LogP contribution < -0.4 is 10.4 Å². The minimum absolute atomic E-state index is 0.0537. The first-order valence-corrected chi connectivity index (χ1v) is 13.7. The number of nitrogens with zero attached hydrogens (tertiary/aromatic N) is 6. The van der Waals surface area contributed by atoms with Crippen LogP contribution in [0.1, 0.15) is 30.0 Å². The Kier molecular flexibility index (Phi) is 8.95. The number of aromatic nitrogens is 6. The monoisotopic (exact) mass is 626 g/mol. The summed E-state index contributed by atoms with van der Waals surface area (Å²) in [6.07, 6.45) is 3.20. The summed E-state index contributed by atoms with van der Waals surface area (Å²) >= 11 is 0. The highest BCUT2D eigenvalue weighted by atomic mass is 19.4. The van der Waals surface area contributed by atoms with Crippen molar-refractivity contribution in [1.82, 2.24) is 29.1 Å². The van der Waals surface area contributed by atoms with E-state index < -0.39 is 35.2 Å². The molecule has 0 spiro atoms. The van der Waals surface area contributed by atoms with E-state index in [4.69, 9.17) is 0 Å². The summed E-state index contributed by atoms with van der Waals surface area (Å²) in [6.45, 7) is 1.74. The van der Waals surface area contributed by atoms with Crippen molar-refractivity contribution in [2.24, 2.45) is 5.92 Å². The van der Waals surface area contributed by atoms with Gasteiger partial charge in [-0.25, -0.2) is 23.2 Å². The normalized spacial score (nSPS) is 14.0. The maximum absolute atomic E-state index is 14.8. The van der Waals surface area contributed by atoms with Gasteiger partial charge in [-0.2, -0.15) is 14.9 Å². The molecule has 1 N–H and O–H groups in total. The van der Waals surface area contributed by atoms with Crippen LogP contribution in [-0.2, 0) is 18.7 Å². The number of halogens is 5. The summed E-state index contributed by atoms with van der Waals surface area (Å²) in [5.41, 5.74) is -0.362. The number of allylic oxidation sites excluding steroid dienone is 1. The summed E-state index contributed by atoms with van der Waals surface area (Å²) < 4.78 is 73.3. The third-order valence-corrected chi connectivity index (χ3v) is 7.26. The molecule has 0 aliphatic heterocycles. The van der Waals surface area contributed by atoms with E-state index in [1.54, 1.807) is 31.2 Å². The lowest BCUT2D eigenvalue weighted by Crippen LogP contribution is -2.39. The molecule has 2 aromatic heterocycles. The molecule has 5 aromatic rings. The van der Waals surface area contributed by atoms with Crippen molar-refractivity contribution in [1.29, 1.82) is 0 Å². The zero-order chi connectivity index (χ0) is 32.2. The van der Waals surface area contributed by atoms with Crippen molar-refractivity contribution in [3.63, 3.8) is 0 Å². The highest BCUT2D eigenvalue weighted by molar-refractivity contribution is 5.51. The molecule has 45 heavy (non-hydrogen) atoms. The van der Waals surface area contributed by atoms with Gasteiger partial charge < -0.3 is 9.84 Å². The van der Waals surface area contributed by atoms with Crippen LogP contribution in [0.3, 0.4) is 0 Å². The second kappa shape index (κ2) is 12.9. The van der Waals surface area contributed by atoms with Crippen molar-refractivity contribution in [2.45, 2.75) is 38.4 Å². The lowest BCUT2D eigenvalue weighted by atomic mass is 9.80. The van der Waals surface area contributed by atoms with Crippen LogP contribution in [-0.4, -0.2) is 40.6 Å². The van der Waals surface area contributed by atoms with E-state index in [1.165, 1.54) is 63.2 Å². The molecule has 0 bridgehead atoms. The number of rotatable bonds is 11. The molecule has 0 radical (unpaired) electrons. The summed E-state index contributed by atoms with van der Waals surface area (Å²) in [4.78, 5) is 16.8. The van der Waals surface area contributed by atoms with Gasteiger partial charge in [0.2, 0.25) is 0 Å². The largest absolute Gasteiger partial charge is 0.573 e. The first-order valence-electron chi connectivity index (χ1n) is 13.7. The van der Waals surface area contributed by atoms with Gasteiger partial charge in [-0.3, -0.25) is 4.57 Å². The van der Waals surface area contributed by atoms with E-state index >= 15 is 0 Å². The van der Waals surface area contributed by atoms with Crippen molar-refractivity contribution in [2.75, 3.05) is 0 Å². The van der Waals surface area contributed by atoms with E-state index in [9.17, 15) is 31.9 Å². The minimum Gasteiger partial charge on any atom is -0.406 e. The Labute approximate surface area is 253 Å². The van der Waals surface area contributed by atoms with Gasteiger partial charge in [0.1, 0.15) is 42.0 Å². The Bertz CT molecular complexity index is 1820. The van der Waals surface area contributed by atoms with E-state index in [-0.39, 0.29) is 24.4 Å². The third kappa shape index (κ3) is 7.52. The fourth-order valence-corrected chi connectivity index (χ4v) is 4.85. The summed E-state index contributed by atoms with van der Waals surface area (Å²) in [7, 11) is 0. The van der Waals surface area contributed by atoms with Gasteiger partial charge in [0.15, 0.2) is 0 Å². The molecule has 2 atom stereocenters. The van der Waals surface area contributed by atoms with E-state index in [0.29, 0.717) is 17.7 Å². The van der Waals surface area contributed by atoms with Gasteiger partial charge >= 0.3 is 12.1 Å². The molecule has 5 rings (SSSR count). The zero-order valence-electron chi connectivity index (χ0n) is 23.8. The van der Waals surface area contributed by atoms with Crippen LogP contribution in [0.25, 0.3) is 11.8 Å². The maximum Gasteiger partial charge on any atom is 0.573 e. The van der Waals surface area contributed by atoms with E-state index in [0.717, 1.165) is 17.7 Å².